The van der Waals surface area contributed by atoms with Crippen molar-refractivity contribution in [3.8, 4) is 17.2 Å². The standard InChI is InChI=1S/C23H24N4O4/c1-30-20-10-8-15-5-3-4-6-16(15)22(20)17-12-18(26-25-17)23(29)27-24-13-14-7-9-19(28)21(11-14)31-2/h3-11,13,17-18,25-26,28H,12H2,1-2H3,(H,27,29)/b24-13+. The van der Waals surface area contributed by atoms with Crippen LogP contribution in [0.2, 0.25) is 0 Å². The summed E-state index contributed by atoms with van der Waals surface area (Å²) in [6.07, 6.45) is 2.03. The lowest BCUT2D eigenvalue weighted by Gasteiger charge is -2.17. The summed E-state index contributed by atoms with van der Waals surface area (Å²) in [5, 5.41) is 15.9. The number of methoxy groups -OCH3 is 2. The van der Waals surface area contributed by atoms with Gasteiger partial charge in [0.15, 0.2) is 11.5 Å². The molecule has 0 aliphatic carbocycles. The van der Waals surface area contributed by atoms with E-state index in [0.29, 0.717) is 17.7 Å². The Morgan fingerprint density at radius 2 is 1.90 bits per heavy atom. The number of phenols is 1. The highest BCUT2D eigenvalue weighted by Gasteiger charge is 2.32. The lowest BCUT2D eigenvalue weighted by molar-refractivity contribution is -0.122. The third-order valence-electron chi connectivity index (χ3n) is 5.31. The summed E-state index contributed by atoms with van der Waals surface area (Å²) >= 11 is 0. The molecule has 3 aromatic rings. The van der Waals surface area contributed by atoms with Gasteiger partial charge in [-0.2, -0.15) is 5.10 Å². The van der Waals surface area contributed by atoms with E-state index in [-0.39, 0.29) is 17.7 Å². The van der Waals surface area contributed by atoms with E-state index in [1.54, 1.807) is 19.2 Å². The van der Waals surface area contributed by atoms with Gasteiger partial charge in [0.05, 0.1) is 26.5 Å². The van der Waals surface area contributed by atoms with Crippen molar-refractivity contribution in [2.75, 3.05) is 14.2 Å². The lowest BCUT2D eigenvalue weighted by Crippen LogP contribution is -2.41. The maximum Gasteiger partial charge on any atom is 0.258 e. The number of nitrogens with one attached hydrogen (secondary N) is 3. The number of hydrazone groups is 1. The fraction of sp³-hybridized carbons (Fsp3) is 0.217. The van der Waals surface area contributed by atoms with Crippen molar-refractivity contribution in [3.63, 3.8) is 0 Å². The summed E-state index contributed by atoms with van der Waals surface area (Å²) in [6.45, 7) is 0. The lowest BCUT2D eigenvalue weighted by atomic mass is 9.95. The van der Waals surface area contributed by atoms with Gasteiger partial charge in [0, 0.05) is 5.56 Å². The Bertz CT molecular complexity index is 1130. The topological polar surface area (TPSA) is 104 Å². The van der Waals surface area contributed by atoms with Crippen LogP contribution in [0.5, 0.6) is 17.2 Å². The Hall–Kier alpha value is -3.62. The number of hydrazine groups is 1. The Morgan fingerprint density at radius 1 is 1.10 bits per heavy atom. The molecule has 0 bridgehead atoms. The molecule has 1 aliphatic heterocycles. The largest absolute Gasteiger partial charge is 0.504 e. The first kappa shape index (κ1) is 20.6. The zero-order valence-corrected chi connectivity index (χ0v) is 17.3. The number of aromatic hydroxyl groups is 1. The molecule has 3 aromatic carbocycles. The van der Waals surface area contributed by atoms with Crippen LogP contribution in [-0.4, -0.2) is 37.5 Å². The van der Waals surface area contributed by atoms with Crippen LogP contribution < -0.4 is 25.8 Å². The molecule has 4 rings (SSSR count). The van der Waals surface area contributed by atoms with E-state index in [9.17, 15) is 9.90 Å². The van der Waals surface area contributed by atoms with E-state index >= 15 is 0 Å². The Labute approximate surface area is 179 Å². The number of amides is 1. The molecule has 0 aromatic heterocycles. The van der Waals surface area contributed by atoms with Gasteiger partial charge >= 0.3 is 0 Å². The van der Waals surface area contributed by atoms with Crippen molar-refractivity contribution in [1.29, 1.82) is 0 Å². The van der Waals surface area contributed by atoms with Crippen LogP contribution >= 0.6 is 0 Å². The van der Waals surface area contributed by atoms with Crippen LogP contribution in [0.3, 0.4) is 0 Å². The monoisotopic (exact) mass is 420 g/mol. The SMILES string of the molecule is COc1cc(/C=N/NC(=O)C2CC(c3c(OC)ccc4ccccc34)NN2)ccc1O. The van der Waals surface area contributed by atoms with Gasteiger partial charge < -0.3 is 14.6 Å². The van der Waals surface area contributed by atoms with Crippen molar-refractivity contribution >= 4 is 22.9 Å². The molecular formula is C23H24N4O4. The molecule has 0 saturated carbocycles. The molecule has 1 heterocycles. The molecule has 1 fully saturated rings. The number of carbonyl (C=O) groups is 1. The first-order valence-corrected chi connectivity index (χ1v) is 9.87. The van der Waals surface area contributed by atoms with Gasteiger partial charge in [-0.05, 0) is 47.0 Å². The minimum Gasteiger partial charge on any atom is -0.504 e. The molecule has 8 nitrogen and oxygen atoms in total. The van der Waals surface area contributed by atoms with Gasteiger partial charge in [-0.25, -0.2) is 16.3 Å². The molecule has 2 atom stereocenters. The van der Waals surface area contributed by atoms with E-state index in [1.807, 2.05) is 24.3 Å². The fourth-order valence-electron chi connectivity index (χ4n) is 3.75. The summed E-state index contributed by atoms with van der Waals surface area (Å²) < 4.78 is 10.7. The average molecular weight is 420 g/mol. The highest BCUT2D eigenvalue weighted by molar-refractivity contribution is 5.89. The van der Waals surface area contributed by atoms with Crippen molar-refractivity contribution < 1.29 is 19.4 Å². The second kappa shape index (κ2) is 9.03. The normalized spacial score (nSPS) is 18.4. The van der Waals surface area contributed by atoms with Crippen molar-refractivity contribution in [3.05, 3.63) is 65.7 Å². The molecule has 1 amide bonds. The van der Waals surface area contributed by atoms with Crippen LogP contribution in [0.15, 0.2) is 59.7 Å². The highest BCUT2D eigenvalue weighted by Crippen LogP contribution is 2.36. The van der Waals surface area contributed by atoms with Gasteiger partial charge in [-0.1, -0.05) is 30.3 Å². The molecule has 4 N–H and O–H groups in total. The number of nitrogens with zero attached hydrogens (tertiary/aromatic N) is 1. The Kier molecular flexibility index (Phi) is 6.01. The Balaban J connectivity index is 1.45. The third kappa shape index (κ3) is 4.30. The van der Waals surface area contributed by atoms with Gasteiger partial charge in [-0.15, -0.1) is 0 Å². The second-order valence-corrected chi connectivity index (χ2v) is 7.20. The molecular weight excluding hydrogens is 396 g/mol. The fourth-order valence-corrected chi connectivity index (χ4v) is 3.75. The van der Waals surface area contributed by atoms with Crippen molar-refractivity contribution in [2.45, 2.75) is 18.5 Å². The van der Waals surface area contributed by atoms with Gasteiger partial charge in [0.25, 0.3) is 5.91 Å². The first-order valence-electron chi connectivity index (χ1n) is 9.87. The maximum absolute atomic E-state index is 12.6. The minimum absolute atomic E-state index is 0.0415. The molecule has 1 aliphatic rings. The van der Waals surface area contributed by atoms with E-state index in [1.165, 1.54) is 19.4 Å². The molecule has 0 spiro atoms. The molecule has 31 heavy (non-hydrogen) atoms. The van der Waals surface area contributed by atoms with Crippen LogP contribution in [-0.2, 0) is 4.79 Å². The molecule has 1 saturated heterocycles. The predicted molar refractivity (Wildman–Crippen MR) is 118 cm³/mol. The average Bonchev–Trinajstić information content (AvgIpc) is 3.29. The summed E-state index contributed by atoms with van der Waals surface area (Å²) in [5.41, 5.74) is 10.5. The number of rotatable bonds is 6. The number of hydrogen-bond donors (Lipinski definition) is 4. The second-order valence-electron chi connectivity index (χ2n) is 7.20. The highest BCUT2D eigenvalue weighted by atomic mass is 16.5. The van der Waals surface area contributed by atoms with E-state index < -0.39 is 6.04 Å². The van der Waals surface area contributed by atoms with Gasteiger partial charge in [0.2, 0.25) is 0 Å². The predicted octanol–water partition coefficient (Wildman–Crippen LogP) is 2.62. The summed E-state index contributed by atoms with van der Waals surface area (Å²) in [4.78, 5) is 12.6. The molecule has 8 heteroatoms. The third-order valence-corrected chi connectivity index (χ3v) is 5.31. The first-order chi connectivity index (χ1) is 15.1. The molecule has 2 unspecified atom stereocenters. The van der Waals surface area contributed by atoms with E-state index in [0.717, 1.165) is 22.1 Å². The number of phenolic OH excluding ortho intramolecular Hbond substituents is 1. The van der Waals surface area contributed by atoms with Crippen molar-refractivity contribution in [2.24, 2.45) is 5.10 Å². The van der Waals surface area contributed by atoms with Crippen LogP contribution in [0, 0.1) is 0 Å². The Morgan fingerprint density at radius 3 is 2.71 bits per heavy atom. The zero-order chi connectivity index (χ0) is 21.8. The van der Waals surface area contributed by atoms with Crippen molar-refractivity contribution in [1.82, 2.24) is 16.3 Å². The number of fused-ring (bicyclic) bond motifs is 1. The summed E-state index contributed by atoms with van der Waals surface area (Å²) in [5.74, 6) is 0.901. The molecule has 160 valence electrons. The van der Waals surface area contributed by atoms with Gasteiger partial charge in [0.1, 0.15) is 11.8 Å². The number of carbonyl (C=O) groups excluding carboxylic acids is 1. The number of benzene rings is 3. The van der Waals surface area contributed by atoms with E-state index in [2.05, 4.69) is 33.5 Å². The number of hydrogen-bond acceptors (Lipinski definition) is 7. The summed E-state index contributed by atoms with van der Waals surface area (Å²) in [7, 11) is 3.12. The van der Waals surface area contributed by atoms with Gasteiger partial charge in [-0.3, -0.25) is 4.79 Å². The zero-order valence-electron chi connectivity index (χ0n) is 17.3. The number of ether oxygens (including phenoxy) is 2. The van der Waals surface area contributed by atoms with Crippen LogP contribution in [0.25, 0.3) is 10.8 Å². The smallest absolute Gasteiger partial charge is 0.258 e. The minimum atomic E-state index is -0.458. The summed E-state index contributed by atoms with van der Waals surface area (Å²) in [6, 6.07) is 16.3. The maximum atomic E-state index is 12.6. The van der Waals surface area contributed by atoms with E-state index in [4.69, 9.17) is 9.47 Å². The molecule has 0 radical (unpaired) electrons. The van der Waals surface area contributed by atoms with Crippen LogP contribution in [0.1, 0.15) is 23.6 Å². The quantitative estimate of drug-likeness (QED) is 0.361. The van der Waals surface area contributed by atoms with Crippen LogP contribution in [0.4, 0.5) is 0 Å².